The van der Waals surface area contributed by atoms with Gasteiger partial charge in [-0.1, -0.05) is 24.1 Å². The van der Waals surface area contributed by atoms with E-state index in [1.54, 1.807) is 7.05 Å². The highest BCUT2D eigenvalue weighted by molar-refractivity contribution is 5.98. The van der Waals surface area contributed by atoms with Crippen LogP contribution in [-0.2, 0) is 10.3 Å². The zero-order valence-electron chi connectivity index (χ0n) is 13.6. The Morgan fingerprint density at radius 2 is 2.08 bits per heavy atom. The zero-order valence-corrected chi connectivity index (χ0v) is 13.6. The molecular weight excluding hydrogens is 300 g/mol. The standard InChI is InChI=1S/C19H18N4O/c1-4-13-7-5-8-14(11-13)15-9-6-10-16(21-15)19(2)12-17(24)23(3)18(20)22-19/h1,5-11H,12H2,2-3H3,(H2,20,22)/t19-/m0/s1. The lowest BCUT2D eigenvalue weighted by Gasteiger charge is -2.38. The van der Waals surface area contributed by atoms with Crippen molar-refractivity contribution in [2.45, 2.75) is 18.9 Å². The van der Waals surface area contributed by atoms with Gasteiger partial charge in [0, 0.05) is 18.2 Å². The van der Waals surface area contributed by atoms with E-state index in [-0.39, 0.29) is 18.3 Å². The first-order valence-corrected chi connectivity index (χ1v) is 7.61. The van der Waals surface area contributed by atoms with Crippen LogP contribution in [0.15, 0.2) is 42.5 Å². The number of terminal acetylenes is 1. The van der Waals surface area contributed by atoms with Gasteiger partial charge in [-0.3, -0.25) is 20.1 Å². The molecule has 2 heterocycles. The van der Waals surface area contributed by atoms with Crippen molar-refractivity contribution >= 4 is 11.9 Å². The molecule has 1 saturated heterocycles. The summed E-state index contributed by atoms with van der Waals surface area (Å²) in [6.45, 7) is 1.89. The molecule has 0 radical (unpaired) electrons. The molecule has 1 aromatic carbocycles. The van der Waals surface area contributed by atoms with Gasteiger partial charge in [0.2, 0.25) is 5.91 Å². The van der Waals surface area contributed by atoms with Crippen LogP contribution in [0.5, 0.6) is 0 Å². The normalized spacial score (nSPS) is 20.5. The van der Waals surface area contributed by atoms with E-state index in [0.717, 1.165) is 22.5 Å². The molecule has 0 bridgehead atoms. The second kappa shape index (κ2) is 5.82. The van der Waals surface area contributed by atoms with E-state index < -0.39 is 5.54 Å². The Kier molecular flexibility index (Phi) is 3.82. The summed E-state index contributed by atoms with van der Waals surface area (Å²) in [5.41, 5.74) is 2.51. The quantitative estimate of drug-likeness (QED) is 0.835. The Bertz CT molecular complexity index is 848. The highest BCUT2D eigenvalue weighted by Gasteiger charge is 2.39. The molecule has 3 rings (SSSR count). The van der Waals surface area contributed by atoms with Crippen LogP contribution in [-0.4, -0.2) is 28.8 Å². The van der Waals surface area contributed by atoms with Crippen molar-refractivity contribution in [2.75, 3.05) is 7.05 Å². The minimum atomic E-state index is -0.708. The SMILES string of the molecule is C#Cc1cccc(-c2cccc([C@]3(C)CC(=O)N(C)C(=N)N3)n2)c1. The molecular formula is C19H18N4O. The monoisotopic (exact) mass is 318 g/mol. The fourth-order valence-electron chi connectivity index (χ4n) is 2.76. The Hall–Kier alpha value is -3.13. The van der Waals surface area contributed by atoms with E-state index in [4.69, 9.17) is 16.8 Å². The maximum atomic E-state index is 12.1. The number of hydrogen-bond acceptors (Lipinski definition) is 3. The van der Waals surface area contributed by atoms with Crippen molar-refractivity contribution in [3.8, 4) is 23.6 Å². The Labute approximate surface area is 141 Å². The molecule has 1 amide bonds. The number of carbonyl (C=O) groups excluding carboxylic acids is 1. The van der Waals surface area contributed by atoms with Crippen molar-refractivity contribution in [2.24, 2.45) is 0 Å². The minimum absolute atomic E-state index is 0.0790. The second-order valence-electron chi connectivity index (χ2n) is 6.07. The van der Waals surface area contributed by atoms with Crippen LogP contribution in [0.4, 0.5) is 0 Å². The Balaban J connectivity index is 2.00. The molecule has 1 fully saturated rings. The molecule has 0 aliphatic carbocycles. The molecule has 5 nitrogen and oxygen atoms in total. The first kappa shape index (κ1) is 15.8. The van der Waals surface area contributed by atoms with Crippen molar-refractivity contribution in [1.82, 2.24) is 15.2 Å². The van der Waals surface area contributed by atoms with E-state index in [2.05, 4.69) is 11.2 Å². The van der Waals surface area contributed by atoms with Crippen LogP contribution >= 0.6 is 0 Å². The summed E-state index contributed by atoms with van der Waals surface area (Å²) in [6, 6.07) is 13.3. The van der Waals surface area contributed by atoms with Crippen LogP contribution in [0.3, 0.4) is 0 Å². The maximum Gasteiger partial charge on any atom is 0.231 e. The van der Waals surface area contributed by atoms with Crippen LogP contribution in [0.1, 0.15) is 24.6 Å². The largest absolute Gasteiger partial charge is 0.345 e. The first-order chi connectivity index (χ1) is 11.4. The number of hydrogen-bond donors (Lipinski definition) is 2. The second-order valence-corrected chi connectivity index (χ2v) is 6.07. The zero-order chi connectivity index (χ0) is 17.3. The van der Waals surface area contributed by atoms with E-state index in [1.807, 2.05) is 49.4 Å². The van der Waals surface area contributed by atoms with Gasteiger partial charge in [0.15, 0.2) is 5.96 Å². The number of amides is 1. The fraction of sp³-hybridized carbons (Fsp3) is 0.211. The predicted molar refractivity (Wildman–Crippen MR) is 93.2 cm³/mol. The van der Waals surface area contributed by atoms with Gasteiger partial charge in [-0.25, -0.2) is 0 Å². The highest BCUT2D eigenvalue weighted by atomic mass is 16.2. The van der Waals surface area contributed by atoms with Crippen molar-refractivity contribution in [3.63, 3.8) is 0 Å². The van der Waals surface area contributed by atoms with E-state index in [1.165, 1.54) is 4.90 Å². The van der Waals surface area contributed by atoms with Gasteiger partial charge >= 0.3 is 0 Å². The molecule has 2 N–H and O–H groups in total. The average molecular weight is 318 g/mol. The van der Waals surface area contributed by atoms with Crippen LogP contribution in [0.2, 0.25) is 0 Å². The van der Waals surface area contributed by atoms with E-state index >= 15 is 0 Å². The fourth-order valence-corrected chi connectivity index (χ4v) is 2.76. The third-order valence-corrected chi connectivity index (χ3v) is 4.25. The van der Waals surface area contributed by atoms with Crippen molar-refractivity contribution in [1.29, 1.82) is 5.41 Å². The summed E-state index contributed by atoms with van der Waals surface area (Å²) in [6.07, 6.45) is 5.70. The minimum Gasteiger partial charge on any atom is -0.345 e. The highest BCUT2D eigenvalue weighted by Crippen LogP contribution is 2.29. The number of benzene rings is 1. The molecule has 1 aromatic heterocycles. The summed E-state index contributed by atoms with van der Waals surface area (Å²) < 4.78 is 0. The molecule has 0 unspecified atom stereocenters. The first-order valence-electron chi connectivity index (χ1n) is 7.61. The molecule has 1 atom stereocenters. The van der Waals surface area contributed by atoms with Gasteiger partial charge in [0.05, 0.1) is 23.3 Å². The average Bonchev–Trinajstić information content (AvgIpc) is 2.60. The Morgan fingerprint density at radius 1 is 1.33 bits per heavy atom. The lowest BCUT2D eigenvalue weighted by Crippen LogP contribution is -2.58. The number of carbonyl (C=O) groups is 1. The molecule has 1 aliphatic rings. The van der Waals surface area contributed by atoms with Gasteiger partial charge in [-0.2, -0.15) is 0 Å². The van der Waals surface area contributed by atoms with Gasteiger partial charge in [-0.05, 0) is 31.2 Å². The number of nitrogens with zero attached hydrogens (tertiary/aromatic N) is 2. The molecule has 1 aliphatic heterocycles. The summed E-state index contributed by atoms with van der Waals surface area (Å²) in [7, 11) is 1.59. The third-order valence-electron chi connectivity index (χ3n) is 4.25. The predicted octanol–water partition coefficient (Wildman–Crippen LogP) is 2.33. The van der Waals surface area contributed by atoms with E-state index in [9.17, 15) is 4.79 Å². The number of rotatable bonds is 2. The summed E-state index contributed by atoms with van der Waals surface area (Å²) in [4.78, 5) is 18.1. The van der Waals surface area contributed by atoms with Gasteiger partial charge in [-0.15, -0.1) is 6.42 Å². The molecule has 24 heavy (non-hydrogen) atoms. The Morgan fingerprint density at radius 3 is 2.79 bits per heavy atom. The summed E-state index contributed by atoms with van der Waals surface area (Å²) >= 11 is 0. The van der Waals surface area contributed by atoms with Crippen molar-refractivity contribution in [3.05, 3.63) is 53.7 Å². The summed E-state index contributed by atoms with van der Waals surface area (Å²) in [5, 5.41) is 11.0. The molecule has 0 spiro atoms. The van der Waals surface area contributed by atoms with Gasteiger partial charge in [0.25, 0.3) is 0 Å². The lowest BCUT2D eigenvalue weighted by molar-refractivity contribution is -0.129. The topological polar surface area (TPSA) is 69.1 Å². The van der Waals surface area contributed by atoms with Gasteiger partial charge < -0.3 is 5.32 Å². The van der Waals surface area contributed by atoms with Gasteiger partial charge in [0.1, 0.15) is 0 Å². The van der Waals surface area contributed by atoms with Crippen LogP contribution < -0.4 is 5.32 Å². The molecule has 120 valence electrons. The number of nitrogens with one attached hydrogen (secondary N) is 2. The maximum absolute atomic E-state index is 12.1. The molecule has 0 saturated carbocycles. The van der Waals surface area contributed by atoms with Crippen LogP contribution in [0, 0.1) is 17.8 Å². The number of aromatic nitrogens is 1. The van der Waals surface area contributed by atoms with Crippen molar-refractivity contribution < 1.29 is 4.79 Å². The third kappa shape index (κ3) is 2.74. The molecule has 5 heteroatoms. The number of guanidine groups is 1. The number of pyridine rings is 1. The molecule has 2 aromatic rings. The smallest absolute Gasteiger partial charge is 0.231 e. The van der Waals surface area contributed by atoms with E-state index in [0.29, 0.717) is 0 Å². The lowest BCUT2D eigenvalue weighted by atomic mass is 9.90. The van der Waals surface area contributed by atoms with Crippen LogP contribution in [0.25, 0.3) is 11.3 Å². The summed E-state index contributed by atoms with van der Waals surface area (Å²) in [5.74, 6) is 2.59.